The van der Waals surface area contributed by atoms with E-state index in [4.69, 9.17) is 9.68 Å². The molecule has 1 aromatic heterocycles. The Labute approximate surface area is 146 Å². The van der Waals surface area contributed by atoms with Crippen molar-refractivity contribution in [1.82, 2.24) is 9.21 Å². The van der Waals surface area contributed by atoms with Crippen molar-refractivity contribution in [3.05, 3.63) is 53.5 Å². The van der Waals surface area contributed by atoms with Crippen LogP contribution in [0.1, 0.15) is 21.7 Å². The van der Waals surface area contributed by atoms with Crippen LogP contribution < -0.4 is 0 Å². The third-order valence-corrected chi connectivity index (χ3v) is 6.16. The number of hydrogen-bond acceptors (Lipinski definition) is 5. The van der Waals surface area contributed by atoms with Crippen molar-refractivity contribution in [2.45, 2.75) is 11.8 Å². The lowest BCUT2D eigenvalue weighted by molar-refractivity contribution is 0.0665. The van der Waals surface area contributed by atoms with Gasteiger partial charge in [-0.25, -0.2) is 8.42 Å². The largest absolute Gasteiger partial charge is 0.459 e. The van der Waals surface area contributed by atoms with Gasteiger partial charge in [-0.2, -0.15) is 9.57 Å². The zero-order valence-electron chi connectivity index (χ0n) is 13.7. The first-order valence-corrected chi connectivity index (χ1v) is 9.22. The summed E-state index contributed by atoms with van der Waals surface area (Å²) in [5.41, 5.74) is 0.871. The smallest absolute Gasteiger partial charge is 0.289 e. The van der Waals surface area contributed by atoms with E-state index in [1.165, 1.54) is 22.7 Å². The molecule has 0 aliphatic carbocycles. The number of rotatable bonds is 3. The molecule has 2 heterocycles. The number of carbonyl (C=O) groups is 1. The summed E-state index contributed by atoms with van der Waals surface area (Å²) in [6.45, 7) is 2.68. The van der Waals surface area contributed by atoms with Gasteiger partial charge >= 0.3 is 0 Å². The Hall–Kier alpha value is -2.63. The normalized spacial score (nSPS) is 15.8. The monoisotopic (exact) mass is 359 g/mol. The van der Waals surface area contributed by atoms with E-state index in [0.717, 1.165) is 5.56 Å². The summed E-state index contributed by atoms with van der Waals surface area (Å²) in [5.74, 6) is 0.0445. The molecule has 1 fully saturated rings. The van der Waals surface area contributed by atoms with Gasteiger partial charge in [0.15, 0.2) is 5.76 Å². The molecule has 1 saturated heterocycles. The molecule has 25 heavy (non-hydrogen) atoms. The molecule has 130 valence electrons. The van der Waals surface area contributed by atoms with Crippen molar-refractivity contribution in [2.24, 2.45) is 0 Å². The van der Waals surface area contributed by atoms with Crippen LogP contribution in [0.15, 0.2) is 45.9 Å². The van der Waals surface area contributed by atoms with Gasteiger partial charge in [0.2, 0.25) is 10.0 Å². The molecule has 0 N–H and O–H groups in total. The molecular weight excluding hydrogens is 342 g/mol. The van der Waals surface area contributed by atoms with Gasteiger partial charge in [0, 0.05) is 31.7 Å². The fourth-order valence-electron chi connectivity index (χ4n) is 2.79. The Morgan fingerprint density at radius 1 is 1.16 bits per heavy atom. The average Bonchev–Trinajstić information content (AvgIpc) is 3.07. The van der Waals surface area contributed by atoms with Gasteiger partial charge in [-0.05, 0) is 25.1 Å². The number of aryl methyl sites for hydroxylation is 1. The molecule has 0 radical (unpaired) electrons. The maximum atomic E-state index is 12.8. The second-order valence-electron chi connectivity index (χ2n) is 5.74. The summed E-state index contributed by atoms with van der Waals surface area (Å²) in [4.78, 5) is 14.0. The van der Waals surface area contributed by atoms with Crippen LogP contribution in [0.25, 0.3) is 0 Å². The Morgan fingerprint density at radius 3 is 2.44 bits per heavy atom. The predicted molar refractivity (Wildman–Crippen MR) is 89.3 cm³/mol. The highest BCUT2D eigenvalue weighted by molar-refractivity contribution is 7.89. The number of hydrogen-bond donors (Lipinski definition) is 0. The van der Waals surface area contributed by atoms with Gasteiger partial charge in [0.25, 0.3) is 5.91 Å². The second-order valence-corrected chi connectivity index (χ2v) is 7.64. The average molecular weight is 359 g/mol. The minimum absolute atomic E-state index is 0.000782. The topological polar surface area (TPSA) is 94.6 Å². The van der Waals surface area contributed by atoms with E-state index in [1.54, 1.807) is 30.0 Å². The van der Waals surface area contributed by atoms with Crippen LogP contribution in [0.5, 0.6) is 0 Å². The van der Waals surface area contributed by atoms with Gasteiger partial charge in [-0.3, -0.25) is 4.79 Å². The molecule has 3 rings (SSSR count). The van der Waals surface area contributed by atoms with Gasteiger partial charge in [0.05, 0.1) is 16.7 Å². The van der Waals surface area contributed by atoms with Gasteiger partial charge in [0.1, 0.15) is 6.07 Å². The van der Waals surface area contributed by atoms with Crippen LogP contribution in [0.4, 0.5) is 0 Å². The molecule has 0 unspecified atom stereocenters. The molecule has 1 amide bonds. The Bertz CT molecular complexity index is 935. The molecule has 0 bridgehead atoms. The Balaban J connectivity index is 1.75. The molecule has 8 heteroatoms. The zero-order valence-corrected chi connectivity index (χ0v) is 14.5. The van der Waals surface area contributed by atoms with Gasteiger partial charge in [-0.15, -0.1) is 0 Å². The van der Waals surface area contributed by atoms with E-state index in [1.807, 2.05) is 6.07 Å². The number of piperazine rings is 1. The van der Waals surface area contributed by atoms with Crippen LogP contribution in [-0.4, -0.2) is 49.7 Å². The molecule has 1 aromatic carbocycles. The van der Waals surface area contributed by atoms with E-state index in [0.29, 0.717) is 0 Å². The molecule has 7 nitrogen and oxygen atoms in total. The maximum Gasteiger partial charge on any atom is 0.289 e. The van der Waals surface area contributed by atoms with Crippen LogP contribution >= 0.6 is 0 Å². The molecule has 0 saturated carbocycles. The fraction of sp³-hybridized carbons (Fsp3) is 0.294. The number of furan rings is 1. The third kappa shape index (κ3) is 3.16. The number of sulfonamides is 1. The zero-order chi connectivity index (χ0) is 18.0. The first-order chi connectivity index (χ1) is 11.9. The van der Waals surface area contributed by atoms with Crippen LogP contribution in [-0.2, 0) is 10.0 Å². The van der Waals surface area contributed by atoms with Crippen LogP contribution in [0, 0.1) is 18.3 Å². The summed E-state index contributed by atoms with van der Waals surface area (Å²) in [5, 5.41) is 9.13. The maximum absolute atomic E-state index is 12.8. The molecule has 1 aliphatic heterocycles. The lowest BCUT2D eigenvalue weighted by Crippen LogP contribution is -2.50. The van der Waals surface area contributed by atoms with Gasteiger partial charge in [-0.1, -0.05) is 12.1 Å². The highest BCUT2D eigenvalue weighted by atomic mass is 32.2. The van der Waals surface area contributed by atoms with E-state index in [-0.39, 0.29) is 48.3 Å². The van der Waals surface area contributed by atoms with E-state index in [9.17, 15) is 13.2 Å². The summed E-state index contributed by atoms with van der Waals surface area (Å²) in [6, 6.07) is 9.75. The van der Waals surface area contributed by atoms with Crippen LogP contribution in [0.3, 0.4) is 0 Å². The fourth-order valence-corrected chi connectivity index (χ4v) is 4.35. The minimum Gasteiger partial charge on any atom is -0.459 e. The van der Waals surface area contributed by atoms with Crippen molar-refractivity contribution in [3.63, 3.8) is 0 Å². The SMILES string of the molecule is Cc1ccoc1C(=O)N1CCN(S(=O)(=O)c2ccccc2C#N)CC1. The van der Waals surface area contributed by atoms with Crippen molar-refractivity contribution in [1.29, 1.82) is 5.26 Å². The number of amides is 1. The van der Waals surface area contributed by atoms with E-state index in [2.05, 4.69) is 0 Å². The van der Waals surface area contributed by atoms with Crippen molar-refractivity contribution in [2.75, 3.05) is 26.2 Å². The quantitative estimate of drug-likeness (QED) is 0.830. The highest BCUT2D eigenvalue weighted by Crippen LogP contribution is 2.22. The Morgan fingerprint density at radius 2 is 1.84 bits per heavy atom. The predicted octanol–water partition coefficient (Wildman–Crippen LogP) is 1.61. The van der Waals surface area contributed by atoms with Gasteiger partial charge < -0.3 is 9.32 Å². The summed E-state index contributed by atoms with van der Waals surface area (Å²) < 4.78 is 32.1. The first-order valence-electron chi connectivity index (χ1n) is 7.78. The number of nitrogens with zero attached hydrogens (tertiary/aromatic N) is 3. The number of nitriles is 1. The molecule has 1 aliphatic rings. The van der Waals surface area contributed by atoms with Crippen molar-refractivity contribution >= 4 is 15.9 Å². The Kier molecular flexibility index (Phi) is 4.61. The van der Waals surface area contributed by atoms with E-state index >= 15 is 0 Å². The van der Waals surface area contributed by atoms with E-state index < -0.39 is 10.0 Å². The molecule has 0 spiro atoms. The minimum atomic E-state index is -3.77. The molecule has 0 atom stereocenters. The van der Waals surface area contributed by atoms with Crippen molar-refractivity contribution in [3.8, 4) is 6.07 Å². The standard InChI is InChI=1S/C17H17N3O4S/c1-13-6-11-24-16(13)17(21)19-7-9-20(10-8-19)25(22,23)15-5-3-2-4-14(15)12-18/h2-6,11H,7-10H2,1H3. The van der Waals surface area contributed by atoms with Crippen LogP contribution in [0.2, 0.25) is 0 Å². The number of carbonyl (C=O) groups excluding carboxylic acids is 1. The lowest BCUT2D eigenvalue weighted by Gasteiger charge is -2.33. The molecular formula is C17H17N3O4S. The second kappa shape index (κ2) is 6.70. The lowest BCUT2D eigenvalue weighted by atomic mass is 10.2. The van der Waals surface area contributed by atoms with Crippen molar-refractivity contribution < 1.29 is 17.6 Å². The third-order valence-electron chi connectivity index (χ3n) is 4.21. The number of benzene rings is 1. The highest BCUT2D eigenvalue weighted by Gasteiger charge is 2.32. The summed E-state index contributed by atoms with van der Waals surface area (Å²) in [6.07, 6.45) is 1.46. The summed E-state index contributed by atoms with van der Waals surface area (Å²) in [7, 11) is -3.77. The summed E-state index contributed by atoms with van der Waals surface area (Å²) >= 11 is 0. The molecule has 2 aromatic rings. The first kappa shape index (κ1) is 17.2.